The number of hydrogen-bond donors (Lipinski definition) is 1. The van der Waals surface area contributed by atoms with Gasteiger partial charge in [-0.3, -0.25) is 4.79 Å². The molecule has 0 aliphatic rings. The number of nitrogens with one attached hydrogen (secondary N) is 1. The van der Waals surface area contributed by atoms with Crippen LogP contribution in [0.1, 0.15) is 23.2 Å². The summed E-state index contributed by atoms with van der Waals surface area (Å²) in [5.41, 5.74) is 0.935. The largest absolute Gasteiger partial charge is 0.465 e. The van der Waals surface area contributed by atoms with Crippen LogP contribution in [0.25, 0.3) is 0 Å². The molecule has 0 heterocycles. The lowest BCUT2D eigenvalue weighted by atomic mass is 10.2. The Morgan fingerprint density at radius 2 is 1.80 bits per heavy atom. The van der Waals surface area contributed by atoms with Gasteiger partial charge in [0, 0.05) is 18.4 Å². The molecule has 20 heavy (non-hydrogen) atoms. The summed E-state index contributed by atoms with van der Waals surface area (Å²) >= 11 is 0. The van der Waals surface area contributed by atoms with Crippen molar-refractivity contribution >= 4 is 27.4 Å². The van der Waals surface area contributed by atoms with Crippen LogP contribution in [-0.4, -0.2) is 39.4 Å². The van der Waals surface area contributed by atoms with Crippen LogP contribution in [0.15, 0.2) is 24.3 Å². The van der Waals surface area contributed by atoms with Gasteiger partial charge in [-0.05, 0) is 30.7 Å². The number of carbonyl (C=O) groups excluding carboxylic acids is 2. The number of methoxy groups -OCH3 is 1. The zero-order valence-corrected chi connectivity index (χ0v) is 12.2. The predicted molar refractivity (Wildman–Crippen MR) is 75.4 cm³/mol. The van der Waals surface area contributed by atoms with Gasteiger partial charge in [0.05, 0.1) is 18.4 Å². The van der Waals surface area contributed by atoms with Crippen LogP contribution in [0.2, 0.25) is 0 Å². The summed E-state index contributed by atoms with van der Waals surface area (Å²) in [6, 6.07) is 6.25. The molecule has 1 N–H and O–H groups in total. The summed E-state index contributed by atoms with van der Waals surface area (Å²) < 4.78 is 26.4. The van der Waals surface area contributed by atoms with Gasteiger partial charge in [-0.25, -0.2) is 13.2 Å². The Morgan fingerprint density at radius 1 is 1.20 bits per heavy atom. The summed E-state index contributed by atoms with van der Waals surface area (Å²) in [7, 11) is -1.75. The van der Waals surface area contributed by atoms with Crippen LogP contribution >= 0.6 is 0 Å². The van der Waals surface area contributed by atoms with Gasteiger partial charge < -0.3 is 10.1 Å². The van der Waals surface area contributed by atoms with E-state index >= 15 is 0 Å². The van der Waals surface area contributed by atoms with Gasteiger partial charge in [0.2, 0.25) is 5.91 Å². The molecule has 0 atom stereocenters. The molecule has 1 rings (SSSR count). The molecule has 0 aliphatic carbocycles. The first-order chi connectivity index (χ1) is 9.31. The van der Waals surface area contributed by atoms with Crippen molar-refractivity contribution in [2.24, 2.45) is 0 Å². The van der Waals surface area contributed by atoms with Crippen molar-refractivity contribution in [1.82, 2.24) is 0 Å². The van der Waals surface area contributed by atoms with Gasteiger partial charge in [0.25, 0.3) is 0 Å². The maximum absolute atomic E-state index is 11.6. The molecule has 0 unspecified atom stereocenters. The Kier molecular flexibility index (Phi) is 5.69. The van der Waals surface area contributed by atoms with Crippen LogP contribution in [0.3, 0.4) is 0 Å². The van der Waals surface area contributed by atoms with Gasteiger partial charge in [-0.2, -0.15) is 0 Å². The Balaban J connectivity index is 2.48. The molecule has 0 saturated carbocycles. The molecule has 1 aromatic rings. The van der Waals surface area contributed by atoms with Crippen LogP contribution in [0.5, 0.6) is 0 Å². The first-order valence-electron chi connectivity index (χ1n) is 5.98. The van der Waals surface area contributed by atoms with Crippen LogP contribution in [0.4, 0.5) is 5.69 Å². The third kappa shape index (κ3) is 5.83. The third-order valence-electron chi connectivity index (χ3n) is 2.51. The molecule has 1 aromatic carbocycles. The molecule has 0 aromatic heterocycles. The maximum Gasteiger partial charge on any atom is 0.337 e. The van der Waals surface area contributed by atoms with E-state index in [1.54, 1.807) is 12.1 Å². The highest BCUT2D eigenvalue weighted by Gasteiger charge is 2.08. The summed E-state index contributed by atoms with van der Waals surface area (Å²) in [5, 5.41) is 2.63. The lowest BCUT2D eigenvalue weighted by molar-refractivity contribution is -0.116. The van der Waals surface area contributed by atoms with Crippen molar-refractivity contribution in [3.63, 3.8) is 0 Å². The maximum atomic E-state index is 11.6. The number of ether oxygens (including phenoxy) is 1. The van der Waals surface area contributed by atoms with Crippen molar-refractivity contribution in [2.75, 3.05) is 24.4 Å². The van der Waals surface area contributed by atoms with Crippen LogP contribution in [-0.2, 0) is 19.4 Å². The van der Waals surface area contributed by atoms with Gasteiger partial charge in [-0.15, -0.1) is 0 Å². The standard InChI is InChI=1S/C13H17NO5S/c1-19-13(16)10-5-7-11(8-6-10)14-12(15)4-3-9-20(2,17)18/h5-8H,3-4,9H2,1-2H3,(H,14,15). The van der Waals surface area contributed by atoms with Crippen molar-refractivity contribution < 1.29 is 22.7 Å². The highest BCUT2D eigenvalue weighted by Crippen LogP contribution is 2.11. The zero-order valence-electron chi connectivity index (χ0n) is 11.4. The lowest BCUT2D eigenvalue weighted by Crippen LogP contribution is -2.13. The molecule has 0 aliphatic heterocycles. The molecule has 0 spiro atoms. The Bertz CT molecular complexity index is 577. The molecule has 110 valence electrons. The lowest BCUT2D eigenvalue weighted by Gasteiger charge is -2.05. The number of sulfone groups is 1. The molecular weight excluding hydrogens is 282 g/mol. The van der Waals surface area contributed by atoms with Gasteiger partial charge in [0.1, 0.15) is 9.84 Å². The average molecular weight is 299 g/mol. The molecular formula is C13H17NO5S. The number of anilines is 1. The van der Waals surface area contributed by atoms with Crippen LogP contribution in [0, 0.1) is 0 Å². The van der Waals surface area contributed by atoms with E-state index in [0.717, 1.165) is 6.26 Å². The molecule has 0 bridgehead atoms. The minimum Gasteiger partial charge on any atom is -0.465 e. The van der Waals surface area contributed by atoms with Crippen LogP contribution < -0.4 is 5.32 Å². The number of benzene rings is 1. The fourth-order valence-electron chi connectivity index (χ4n) is 1.53. The summed E-state index contributed by atoms with van der Waals surface area (Å²) in [5.74, 6) is -0.725. The van der Waals surface area contributed by atoms with E-state index in [4.69, 9.17) is 0 Å². The zero-order chi connectivity index (χ0) is 15.2. The molecule has 7 heteroatoms. The Labute approximate surface area is 118 Å². The third-order valence-corrected chi connectivity index (χ3v) is 3.54. The number of esters is 1. The molecule has 0 saturated heterocycles. The van der Waals surface area contributed by atoms with Gasteiger partial charge in [0.15, 0.2) is 0 Å². The van der Waals surface area contributed by atoms with Gasteiger partial charge >= 0.3 is 5.97 Å². The highest BCUT2D eigenvalue weighted by atomic mass is 32.2. The minimum atomic E-state index is -3.04. The average Bonchev–Trinajstić information content (AvgIpc) is 2.37. The van der Waals surface area contributed by atoms with E-state index in [-0.39, 0.29) is 24.5 Å². The first kappa shape index (κ1) is 16.2. The van der Waals surface area contributed by atoms with E-state index in [1.165, 1.54) is 19.2 Å². The normalized spacial score (nSPS) is 10.9. The number of amides is 1. The van der Waals surface area contributed by atoms with E-state index in [0.29, 0.717) is 11.3 Å². The van der Waals surface area contributed by atoms with Gasteiger partial charge in [-0.1, -0.05) is 0 Å². The minimum absolute atomic E-state index is 0.0122. The summed E-state index contributed by atoms with van der Waals surface area (Å²) in [6.07, 6.45) is 1.55. The van der Waals surface area contributed by atoms with Crippen molar-refractivity contribution in [2.45, 2.75) is 12.8 Å². The topological polar surface area (TPSA) is 89.5 Å². The van der Waals surface area contributed by atoms with E-state index in [1.807, 2.05) is 0 Å². The fraction of sp³-hybridized carbons (Fsp3) is 0.385. The van der Waals surface area contributed by atoms with Crippen molar-refractivity contribution in [1.29, 1.82) is 0 Å². The fourth-order valence-corrected chi connectivity index (χ4v) is 2.19. The Hall–Kier alpha value is -1.89. The van der Waals surface area contributed by atoms with Crippen molar-refractivity contribution in [3.8, 4) is 0 Å². The predicted octanol–water partition coefficient (Wildman–Crippen LogP) is 1.24. The molecule has 1 amide bonds. The summed E-state index contributed by atoms with van der Waals surface area (Å²) in [4.78, 5) is 22.8. The molecule has 0 fully saturated rings. The number of carbonyl (C=O) groups is 2. The van der Waals surface area contributed by atoms with E-state index in [9.17, 15) is 18.0 Å². The Morgan fingerprint density at radius 3 is 2.30 bits per heavy atom. The smallest absolute Gasteiger partial charge is 0.337 e. The second-order valence-corrected chi connectivity index (χ2v) is 6.61. The van der Waals surface area contributed by atoms with E-state index in [2.05, 4.69) is 10.1 Å². The first-order valence-corrected chi connectivity index (χ1v) is 8.04. The SMILES string of the molecule is COC(=O)c1ccc(NC(=O)CCCS(C)(=O)=O)cc1. The second kappa shape index (κ2) is 7.04. The molecule has 6 nitrogen and oxygen atoms in total. The summed E-state index contributed by atoms with van der Waals surface area (Å²) in [6.45, 7) is 0. The number of hydrogen-bond acceptors (Lipinski definition) is 5. The van der Waals surface area contributed by atoms with E-state index < -0.39 is 15.8 Å². The quantitative estimate of drug-likeness (QED) is 0.798. The molecule has 0 radical (unpaired) electrons. The second-order valence-electron chi connectivity index (χ2n) is 4.35. The van der Waals surface area contributed by atoms with Crippen molar-refractivity contribution in [3.05, 3.63) is 29.8 Å². The number of rotatable bonds is 6. The monoisotopic (exact) mass is 299 g/mol. The highest BCUT2D eigenvalue weighted by molar-refractivity contribution is 7.90.